The van der Waals surface area contributed by atoms with Crippen molar-refractivity contribution in [3.8, 4) is 0 Å². The molecule has 2 unspecified atom stereocenters. The van der Waals surface area contributed by atoms with Gasteiger partial charge < -0.3 is 5.11 Å². The summed E-state index contributed by atoms with van der Waals surface area (Å²) in [7, 11) is 2.01. The molecule has 0 aliphatic carbocycles. The summed E-state index contributed by atoms with van der Waals surface area (Å²) in [5.74, 6) is 0. The number of hydrogen-bond donors (Lipinski definition) is 1. The van der Waals surface area contributed by atoms with Gasteiger partial charge in [-0.3, -0.25) is 9.58 Å². The minimum absolute atomic E-state index is 0.216. The van der Waals surface area contributed by atoms with Gasteiger partial charge in [-0.15, -0.1) is 0 Å². The van der Waals surface area contributed by atoms with Crippen LogP contribution < -0.4 is 0 Å². The molecule has 1 aliphatic heterocycles. The molecule has 0 saturated carbocycles. The maximum absolute atomic E-state index is 9.59. The zero-order chi connectivity index (χ0) is 14.0. The Morgan fingerprint density at radius 3 is 2.84 bits per heavy atom. The normalized spacial score (nSPS) is 22.1. The number of hydrogen-bond acceptors (Lipinski definition) is 3. The van der Waals surface area contributed by atoms with Crippen LogP contribution in [0.3, 0.4) is 0 Å². The lowest BCUT2D eigenvalue weighted by molar-refractivity contribution is 0.129. The second kappa shape index (κ2) is 6.37. The smallest absolute Gasteiger partial charge is 0.0767 e. The van der Waals surface area contributed by atoms with Gasteiger partial charge in [-0.25, -0.2) is 0 Å². The minimum atomic E-state index is -0.216. The highest BCUT2D eigenvalue weighted by Gasteiger charge is 2.27. The molecule has 1 N–H and O–H groups in total. The molecule has 0 radical (unpaired) electrons. The number of rotatable bonds is 5. The molecule has 5 heteroatoms. The van der Waals surface area contributed by atoms with E-state index in [2.05, 4.69) is 32.9 Å². The molecule has 2 atom stereocenters. The van der Waals surface area contributed by atoms with Crippen LogP contribution in [0.1, 0.15) is 44.5 Å². The third-order valence-electron chi connectivity index (χ3n) is 3.97. The van der Waals surface area contributed by atoms with Crippen molar-refractivity contribution in [2.45, 2.75) is 58.2 Å². The Hall–Kier alpha value is -0.390. The highest BCUT2D eigenvalue weighted by molar-refractivity contribution is 9.10. The molecule has 0 aromatic carbocycles. The molecular formula is C14H24BrN3O. The molecule has 0 amide bonds. The number of aromatic nitrogens is 2. The quantitative estimate of drug-likeness (QED) is 0.902. The lowest BCUT2D eigenvalue weighted by atomic mass is 10.1. The molecule has 1 aliphatic rings. The predicted molar refractivity (Wildman–Crippen MR) is 80.0 cm³/mol. The van der Waals surface area contributed by atoms with Gasteiger partial charge in [0.05, 0.1) is 22.0 Å². The Morgan fingerprint density at radius 2 is 2.26 bits per heavy atom. The van der Waals surface area contributed by atoms with Crippen molar-refractivity contribution in [2.75, 3.05) is 6.54 Å². The van der Waals surface area contributed by atoms with E-state index in [9.17, 15) is 5.11 Å². The van der Waals surface area contributed by atoms with Crippen molar-refractivity contribution in [3.63, 3.8) is 0 Å². The van der Waals surface area contributed by atoms with Gasteiger partial charge in [-0.05, 0) is 55.1 Å². The number of aryl methyl sites for hydroxylation is 2. The maximum atomic E-state index is 9.59. The first-order chi connectivity index (χ1) is 9.02. The molecule has 0 spiro atoms. The molecule has 1 aromatic rings. The standard InChI is InChI=1S/C14H24BrN3O/c1-4-12-14(15)13(17(3)16-12)9-18-7-5-6-11(18)8-10(2)19/h10-11,19H,4-9H2,1-3H3. The van der Waals surface area contributed by atoms with Gasteiger partial charge in [0, 0.05) is 19.6 Å². The van der Waals surface area contributed by atoms with Crippen LogP contribution in [0, 0.1) is 0 Å². The van der Waals surface area contributed by atoms with Crippen molar-refractivity contribution in [1.82, 2.24) is 14.7 Å². The van der Waals surface area contributed by atoms with Gasteiger partial charge in [0.15, 0.2) is 0 Å². The summed E-state index contributed by atoms with van der Waals surface area (Å²) >= 11 is 3.68. The van der Waals surface area contributed by atoms with Crippen LogP contribution in [0.15, 0.2) is 4.47 Å². The van der Waals surface area contributed by atoms with Crippen molar-refractivity contribution in [1.29, 1.82) is 0 Å². The van der Waals surface area contributed by atoms with Crippen LogP contribution in [0.2, 0.25) is 0 Å². The Balaban J connectivity index is 2.10. The van der Waals surface area contributed by atoms with Crippen molar-refractivity contribution >= 4 is 15.9 Å². The lowest BCUT2D eigenvalue weighted by Gasteiger charge is -2.25. The van der Waals surface area contributed by atoms with Gasteiger partial charge in [-0.1, -0.05) is 6.92 Å². The van der Waals surface area contributed by atoms with Gasteiger partial charge in [0.25, 0.3) is 0 Å². The zero-order valence-corrected chi connectivity index (χ0v) is 13.7. The van der Waals surface area contributed by atoms with Gasteiger partial charge in [0.2, 0.25) is 0 Å². The molecule has 0 bridgehead atoms. The van der Waals surface area contributed by atoms with Crippen LogP contribution in [0.5, 0.6) is 0 Å². The van der Waals surface area contributed by atoms with E-state index in [4.69, 9.17) is 0 Å². The first kappa shape index (κ1) is 15.0. The van der Waals surface area contributed by atoms with E-state index in [-0.39, 0.29) is 6.10 Å². The SMILES string of the molecule is CCc1nn(C)c(CN2CCCC2CC(C)O)c1Br. The number of halogens is 1. The largest absolute Gasteiger partial charge is 0.393 e. The fourth-order valence-electron chi connectivity index (χ4n) is 2.95. The molecule has 19 heavy (non-hydrogen) atoms. The van der Waals surface area contributed by atoms with Crippen molar-refractivity contribution in [3.05, 3.63) is 15.9 Å². The summed E-state index contributed by atoms with van der Waals surface area (Å²) in [6.45, 7) is 6.05. The summed E-state index contributed by atoms with van der Waals surface area (Å²) < 4.78 is 3.14. The van der Waals surface area contributed by atoms with Gasteiger partial charge in [-0.2, -0.15) is 5.10 Å². The summed E-state index contributed by atoms with van der Waals surface area (Å²) in [6.07, 6.45) is 4.03. The molecule has 1 saturated heterocycles. The van der Waals surface area contributed by atoms with Crippen LogP contribution in [-0.4, -0.2) is 38.5 Å². The summed E-state index contributed by atoms with van der Waals surface area (Å²) in [5.41, 5.74) is 2.37. The Labute approximate surface area is 123 Å². The third kappa shape index (κ3) is 3.38. The number of nitrogens with zero attached hydrogens (tertiary/aromatic N) is 3. The molecule has 1 aromatic heterocycles. The van der Waals surface area contributed by atoms with Crippen molar-refractivity contribution in [2.24, 2.45) is 7.05 Å². The van der Waals surface area contributed by atoms with E-state index in [1.807, 2.05) is 18.7 Å². The van der Waals surface area contributed by atoms with E-state index in [1.54, 1.807) is 0 Å². The second-order valence-electron chi connectivity index (χ2n) is 5.54. The monoisotopic (exact) mass is 329 g/mol. The summed E-state index contributed by atoms with van der Waals surface area (Å²) in [5, 5.41) is 14.1. The summed E-state index contributed by atoms with van der Waals surface area (Å²) in [6, 6.07) is 0.506. The molecular weight excluding hydrogens is 306 g/mol. The van der Waals surface area contributed by atoms with Crippen LogP contribution in [0.4, 0.5) is 0 Å². The van der Waals surface area contributed by atoms with Crippen LogP contribution in [-0.2, 0) is 20.0 Å². The summed E-state index contributed by atoms with van der Waals surface area (Å²) in [4.78, 5) is 2.48. The molecule has 1 fully saturated rings. The lowest BCUT2D eigenvalue weighted by Crippen LogP contribution is -2.32. The van der Waals surface area contributed by atoms with E-state index >= 15 is 0 Å². The van der Waals surface area contributed by atoms with E-state index in [0.717, 1.165) is 36.1 Å². The maximum Gasteiger partial charge on any atom is 0.0767 e. The molecule has 2 rings (SSSR count). The minimum Gasteiger partial charge on any atom is -0.393 e. The zero-order valence-electron chi connectivity index (χ0n) is 12.1. The highest BCUT2D eigenvalue weighted by Crippen LogP contribution is 2.28. The molecule has 2 heterocycles. The first-order valence-electron chi connectivity index (χ1n) is 7.15. The number of aliphatic hydroxyl groups excluding tert-OH is 1. The fourth-order valence-corrected chi connectivity index (χ4v) is 3.69. The predicted octanol–water partition coefficient (Wildman–Crippen LogP) is 2.48. The van der Waals surface area contributed by atoms with E-state index in [1.165, 1.54) is 18.5 Å². The topological polar surface area (TPSA) is 41.3 Å². The Kier molecular flexibility index (Phi) is 5.03. The van der Waals surface area contributed by atoms with Gasteiger partial charge in [0.1, 0.15) is 0 Å². The Morgan fingerprint density at radius 1 is 1.53 bits per heavy atom. The fraction of sp³-hybridized carbons (Fsp3) is 0.786. The Bertz CT molecular complexity index is 431. The van der Waals surface area contributed by atoms with Crippen molar-refractivity contribution < 1.29 is 5.11 Å². The number of aliphatic hydroxyl groups is 1. The molecule has 4 nitrogen and oxygen atoms in total. The second-order valence-corrected chi connectivity index (χ2v) is 6.33. The average Bonchev–Trinajstić information content (AvgIpc) is 2.88. The molecule has 108 valence electrons. The van der Waals surface area contributed by atoms with E-state index in [0.29, 0.717) is 6.04 Å². The first-order valence-corrected chi connectivity index (χ1v) is 7.94. The number of likely N-dealkylation sites (tertiary alicyclic amines) is 1. The average molecular weight is 330 g/mol. The third-order valence-corrected chi connectivity index (χ3v) is 4.88. The van der Waals surface area contributed by atoms with E-state index < -0.39 is 0 Å². The van der Waals surface area contributed by atoms with Crippen LogP contribution in [0.25, 0.3) is 0 Å². The van der Waals surface area contributed by atoms with Gasteiger partial charge >= 0.3 is 0 Å². The highest BCUT2D eigenvalue weighted by atomic mass is 79.9. The van der Waals surface area contributed by atoms with Crippen LogP contribution >= 0.6 is 15.9 Å².